The molecule has 2 rings (SSSR count). The Morgan fingerprint density at radius 2 is 1.73 bits per heavy atom. The van der Waals surface area contributed by atoms with Crippen molar-refractivity contribution in [3.63, 3.8) is 0 Å². The van der Waals surface area contributed by atoms with Gasteiger partial charge in [0.15, 0.2) is 0 Å². The standard InChI is InChI=1S/C22H31N5O6/c1-11(2)19(22(32)33)27-17(29)10-25-20(30)16(26-21(31)18(23)12(3)28)8-13-9-24-15-7-5-4-6-14(13)15/h4-7,9,11-12,16,18-19,24,28H,8,10,23H2,1-3H3,(H,25,30)(H,26,31)(H,27,29)(H,32,33). The highest BCUT2D eigenvalue weighted by atomic mass is 16.4. The minimum absolute atomic E-state index is 0.0967. The molecular formula is C22H31N5O6. The van der Waals surface area contributed by atoms with Gasteiger partial charge < -0.3 is 36.9 Å². The first-order valence-electron chi connectivity index (χ1n) is 10.6. The Hall–Kier alpha value is -3.44. The second kappa shape index (κ2) is 11.4. The molecule has 1 aromatic carbocycles. The number of aliphatic hydroxyl groups excluding tert-OH is 1. The van der Waals surface area contributed by atoms with Crippen molar-refractivity contribution in [2.45, 2.75) is 51.4 Å². The minimum atomic E-state index is -1.24. The highest BCUT2D eigenvalue weighted by molar-refractivity contribution is 5.93. The van der Waals surface area contributed by atoms with Crippen molar-refractivity contribution in [2.24, 2.45) is 11.7 Å². The van der Waals surface area contributed by atoms with Gasteiger partial charge in [-0.05, 0) is 24.5 Å². The Morgan fingerprint density at radius 1 is 1.06 bits per heavy atom. The summed E-state index contributed by atoms with van der Waals surface area (Å²) in [7, 11) is 0. The predicted molar refractivity (Wildman–Crippen MR) is 121 cm³/mol. The molecule has 0 saturated heterocycles. The summed E-state index contributed by atoms with van der Waals surface area (Å²) in [6.07, 6.45) is 0.689. The zero-order chi connectivity index (χ0) is 24.7. The summed E-state index contributed by atoms with van der Waals surface area (Å²) in [6.45, 7) is 4.18. The van der Waals surface area contributed by atoms with Gasteiger partial charge in [-0.1, -0.05) is 32.0 Å². The molecule has 0 saturated carbocycles. The van der Waals surface area contributed by atoms with E-state index in [4.69, 9.17) is 5.73 Å². The normalized spacial score (nSPS) is 14.8. The van der Waals surface area contributed by atoms with Crippen molar-refractivity contribution in [3.05, 3.63) is 36.0 Å². The maximum absolute atomic E-state index is 12.9. The molecule has 8 N–H and O–H groups in total. The summed E-state index contributed by atoms with van der Waals surface area (Å²) >= 11 is 0. The van der Waals surface area contributed by atoms with Crippen molar-refractivity contribution >= 4 is 34.6 Å². The summed E-state index contributed by atoms with van der Waals surface area (Å²) in [4.78, 5) is 51.8. The van der Waals surface area contributed by atoms with E-state index < -0.39 is 54.5 Å². The smallest absolute Gasteiger partial charge is 0.326 e. The number of benzene rings is 1. The van der Waals surface area contributed by atoms with Gasteiger partial charge in [0.05, 0.1) is 12.6 Å². The summed E-state index contributed by atoms with van der Waals surface area (Å²) in [6, 6.07) is 4.01. The second-order valence-corrected chi connectivity index (χ2v) is 8.24. The lowest BCUT2D eigenvalue weighted by Gasteiger charge is -2.22. The van der Waals surface area contributed by atoms with Crippen molar-refractivity contribution in [1.29, 1.82) is 0 Å². The molecule has 1 aromatic heterocycles. The molecule has 11 nitrogen and oxygen atoms in total. The number of aliphatic hydroxyl groups is 1. The molecule has 4 atom stereocenters. The van der Waals surface area contributed by atoms with Gasteiger partial charge in [-0.3, -0.25) is 14.4 Å². The molecule has 0 aliphatic rings. The summed E-state index contributed by atoms with van der Waals surface area (Å²) in [5, 5.41) is 27.0. The number of fused-ring (bicyclic) bond motifs is 1. The molecule has 0 aliphatic heterocycles. The fourth-order valence-electron chi connectivity index (χ4n) is 3.25. The van der Waals surface area contributed by atoms with Gasteiger partial charge in [0, 0.05) is 23.5 Å². The Morgan fingerprint density at radius 3 is 2.33 bits per heavy atom. The van der Waals surface area contributed by atoms with Crippen LogP contribution in [0.25, 0.3) is 10.9 Å². The number of nitrogens with two attached hydrogens (primary N) is 1. The molecule has 1 heterocycles. The van der Waals surface area contributed by atoms with Gasteiger partial charge in [-0.2, -0.15) is 0 Å². The minimum Gasteiger partial charge on any atom is -0.480 e. The fraction of sp³-hybridized carbons (Fsp3) is 0.455. The van der Waals surface area contributed by atoms with Crippen LogP contribution in [0.5, 0.6) is 0 Å². The number of carbonyl (C=O) groups is 4. The predicted octanol–water partition coefficient (Wildman–Crippen LogP) is -0.755. The van der Waals surface area contributed by atoms with Gasteiger partial charge in [-0.25, -0.2) is 4.79 Å². The van der Waals surface area contributed by atoms with Gasteiger partial charge in [0.25, 0.3) is 0 Å². The molecule has 4 unspecified atom stereocenters. The van der Waals surface area contributed by atoms with Crippen LogP contribution in [0.15, 0.2) is 30.5 Å². The van der Waals surface area contributed by atoms with E-state index in [0.29, 0.717) is 0 Å². The number of nitrogens with one attached hydrogen (secondary N) is 4. The van der Waals surface area contributed by atoms with E-state index in [1.165, 1.54) is 6.92 Å². The third-order valence-electron chi connectivity index (χ3n) is 5.23. The van der Waals surface area contributed by atoms with Crippen LogP contribution < -0.4 is 21.7 Å². The summed E-state index contributed by atoms with van der Waals surface area (Å²) in [5.41, 5.74) is 7.30. The lowest BCUT2D eigenvalue weighted by atomic mass is 10.0. The van der Waals surface area contributed by atoms with E-state index in [1.54, 1.807) is 20.0 Å². The fourth-order valence-corrected chi connectivity index (χ4v) is 3.25. The van der Waals surface area contributed by atoms with Crippen LogP contribution in [0.2, 0.25) is 0 Å². The first-order chi connectivity index (χ1) is 15.5. The topological polar surface area (TPSA) is 187 Å². The van der Waals surface area contributed by atoms with Crippen LogP contribution in [0.1, 0.15) is 26.3 Å². The van der Waals surface area contributed by atoms with E-state index in [2.05, 4.69) is 20.9 Å². The molecule has 0 fully saturated rings. The number of carboxylic acids is 1. The molecular weight excluding hydrogens is 430 g/mol. The molecule has 11 heteroatoms. The first kappa shape index (κ1) is 25.8. The number of amides is 3. The number of carboxylic acid groups (broad SMARTS) is 1. The average Bonchev–Trinajstić information content (AvgIpc) is 3.17. The molecule has 2 aromatic rings. The molecule has 0 bridgehead atoms. The average molecular weight is 462 g/mol. The summed E-state index contributed by atoms with van der Waals surface area (Å²) in [5.74, 6) is -3.58. The van der Waals surface area contributed by atoms with Crippen LogP contribution in [-0.4, -0.2) is 69.7 Å². The number of para-hydroxylation sites is 1. The van der Waals surface area contributed by atoms with Crippen LogP contribution in [0.3, 0.4) is 0 Å². The molecule has 33 heavy (non-hydrogen) atoms. The number of hydrogen-bond acceptors (Lipinski definition) is 6. The number of aromatic nitrogens is 1. The largest absolute Gasteiger partial charge is 0.480 e. The third-order valence-corrected chi connectivity index (χ3v) is 5.23. The number of hydrogen-bond donors (Lipinski definition) is 7. The van der Waals surface area contributed by atoms with Crippen molar-refractivity contribution in [3.8, 4) is 0 Å². The van der Waals surface area contributed by atoms with E-state index in [1.807, 2.05) is 24.3 Å². The molecule has 0 radical (unpaired) electrons. The number of H-pyrrole nitrogens is 1. The van der Waals surface area contributed by atoms with E-state index >= 15 is 0 Å². The Bertz CT molecular complexity index is 1000. The number of aliphatic carboxylic acids is 1. The van der Waals surface area contributed by atoms with Crippen LogP contribution in [0.4, 0.5) is 0 Å². The van der Waals surface area contributed by atoms with Crippen molar-refractivity contribution in [2.75, 3.05) is 6.54 Å². The summed E-state index contributed by atoms with van der Waals surface area (Å²) < 4.78 is 0. The first-order valence-corrected chi connectivity index (χ1v) is 10.6. The van der Waals surface area contributed by atoms with Crippen LogP contribution in [0, 0.1) is 5.92 Å². The molecule has 180 valence electrons. The lowest BCUT2D eigenvalue weighted by Crippen LogP contribution is -2.56. The molecule has 0 aliphatic carbocycles. The van der Waals surface area contributed by atoms with Crippen molar-refractivity contribution < 1.29 is 29.4 Å². The van der Waals surface area contributed by atoms with Crippen LogP contribution >= 0.6 is 0 Å². The highest BCUT2D eigenvalue weighted by Crippen LogP contribution is 2.19. The van der Waals surface area contributed by atoms with E-state index in [0.717, 1.165) is 16.5 Å². The maximum atomic E-state index is 12.9. The highest BCUT2D eigenvalue weighted by Gasteiger charge is 2.28. The van der Waals surface area contributed by atoms with Crippen LogP contribution in [-0.2, 0) is 25.6 Å². The van der Waals surface area contributed by atoms with E-state index in [9.17, 15) is 29.4 Å². The van der Waals surface area contributed by atoms with Gasteiger partial charge in [0.1, 0.15) is 18.1 Å². The number of aromatic amines is 1. The van der Waals surface area contributed by atoms with E-state index in [-0.39, 0.29) is 12.3 Å². The van der Waals surface area contributed by atoms with Crippen molar-refractivity contribution in [1.82, 2.24) is 20.9 Å². The second-order valence-electron chi connectivity index (χ2n) is 8.24. The molecule has 3 amide bonds. The SMILES string of the molecule is CC(C)C(NC(=O)CNC(=O)C(Cc1c[nH]c2ccccc12)NC(=O)C(N)C(C)O)C(=O)O. The zero-order valence-electron chi connectivity index (χ0n) is 18.8. The Kier molecular flexibility index (Phi) is 8.94. The zero-order valence-corrected chi connectivity index (χ0v) is 18.8. The Balaban J connectivity index is 2.13. The number of carbonyl (C=O) groups excluding carboxylic acids is 3. The number of rotatable bonds is 11. The monoisotopic (exact) mass is 461 g/mol. The molecule has 0 spiro atoms. The van der Waals surface area contributed by atoms with Gasteiger partial charge >= 0.3 is 5.97 Å². The Labute approximate surface area is 191 Å². The van der Waals surface area contributed by atoms with Gasteiger partial charge in [0.2, 0.25) is 17.7 Å². The van der Waals surface area contributed by atoms with Gasteiger partial charge in [-0.15, -0.1) is 0 Å². The quantitative estimate of drug-likeness (QED) is 0.229. The lowest BCUT2D eigenvalue weighted by molar-refractivity contribution is -0.143. The third kappa shape index (κ3) is 7.02. The maximum Gasteiger partial charge on any atom is 0.326 e.